The molecule has 0 saturated carbocycles. The summed E-state index contributed by atoms with van der Waals surface area (Å²) in [5, 5.41) is 28.4. The number of hydrogen-bond donors (Lipinski definition) is 1. The topological polar surface area (TPSA) is 147 Å². The number of hydrogen-bond acceptors (Lipinski definition) is 9. The van der Waals surface area contributed by atoms with E-state index in [-0.39, 0.29) is 13.0 Å². The molecule has 0 bridgehead atoms. The zero-order valence-electron chi connectivity index (χ0n) is 45.0. The molecule has 13 aromatic rings. The smallest absolute Gasteiger partial charge is 0.328 e. The van der Waals surface area contributed by atoms with Crippen molar-refractivity contribution in [2.45, 2.75) is 6.42 Å². The molecule has 84 heavy (non-hydrogen) atoms. The van der Waals surface area contributed by atoms with E-state index >= 15 is 0 Å². The van der Waals surface area contributed by atoms with Gasteiger partial charge in [0.2, 0.25) is 0 Å². The molecule has 0 aliphatic rings. The summed E-state index contributed by atoms with van der Waals surface area (Å²) in [6, 6.07) is 89.2. The van der Waals surface area contributed by atoms with Crippen LogP contribution in [-0.4, -0.2) is 57.9 Å². The average Bonchev–Trinajstić information content (AvgIpc) is 2.26. The Morgan fingerprint density at radius 1 is 0.476 bits per heavy atom. The summed E-state index contributed by atoms with van der Waals surface area (Å²) in [7, 11) is -4.20. The Labute approximate surface area is 494 Å². The normalized spacial score (nSPS) is 12.2. The molecule has 0 amide bonds. The van der Waals surface area contributed by atoms with Crippen molar-refractivity contribution in [3.8, 4) is 51.5 Å². The largest absolute Gasteiger partial charge is 0.494 e. The van der Waals surface area contributed by atoms with Crippen molar-refractivity contribution < 1.29 is 17.7 Å². The van der Waals surface area contributed by atoms with Gasteiger partial charge in [-0.1, -0.05) is 222 Å². The number of nitrogens with zero attached hydrogens (tertiary/aromatic N) is 6. The molecule has 0 aliphatic carbocycles. The Bertz CT molecular complexity index is 4670. The number of rotatable bonds is 16. The van der Waals surface area contributed by atoms with Gasteiger partial charge in [-0.15, -0.1) is 22.7 Å². The SMILES string of the molecule is N#C/C(c1nc2ccccc2s1)=c1\c2c(-c3ccccc3-c3ccccc3)n(B(c3ccccc3)c3ccccc3)/c(=C(/C#N)c3nc4ccccc4s3)c2c(-c2ccc(OCCCS(=O)(=O)O)cc2)n1B(c1ccccc1)c1ccccc1. The molecule has 0 fully saturated rings. The summed E-state index contributed by atoms with van der Waals surface area (Å²) < 4.78 is 45.7. The zero-order valence-corrected chi connectivity index (χ0v) is 47.5. The number of para-hydroxylation sites is 2. The second-order valence-electron chi connectivity index (χ2n) is 20.2. The van der Waals surface area contributed by atoms with E-state index in [1.807, 2.05) is 164 Å². The third kappa shape index (κ3) is 10.2. The number of benzene rings is 9. The van der Waals surface area contributed by atoms with Gasteiger partial charge in [0.1, 0.15) is 39.0 Å². The van der Waals surface area contributed by atoms with Crippen LogP contribution in [0.2, 0.25) is 0 Å². The first kappa shape index (κ1) is 53.5. The molecule has 0 unspecified atom stereocenters. The lowest BCUT2D eigenvalue weighted by molar-refractivity contribution is 0.316. The average molecular weight is 1140 g/mol. The lowest BCUT2D eigenvalue weighted by atomic mass is 9.50. The standard InChI is InChI=1S/C69H48B2N6O4S3/c72-45-56(68-74-58-35-18-20-37-60(58)82-68)66-62-63(65(55-34-17-16-33-54(55)47-23-6-1-7-24-47)77(66)71(51-29-12-4-13-30-51)52-31-14-5-15-32-52)67(57(46-73)69-75-59-36-19-21-38-61(59)83-69)76(70(49-25-8-2-9-26-49)50-27-10-3-11-28-50)64(62)48-39-41-53(42-40-48)81-43-22-44-84(78,79)80/h1-21,23-42H,22,43-44H2,(H,78,79,80)/b66-56-,67-57-. The molecule has 1 N–H and O–H groups in total. The summed E-state index contributed by atoms with van der Waals surface area (Å²) in [5.41, 5.74) is 10.9. The van der Waals surface area contributed by atoms with Crippen LogP contribution in [0.1, 0.15) is 16.4 Å². The molecule has 13 rings (SSSR count). The molecular weight excluding hydrogens is 1090 g/mol. The Balaban J connectivity index is 1.34. The van der Waals surface area contributed by atoms with Gasteiger partial charge in [0.25, 0.3) is 10.1 Å². The minimum absolute atomic E-state index is 0.0385. The van der Waals surface area contributed by atoms with Crippen LogP contribution in [0.25, 0.3) is 76.0 Å². The molecule has 10 nitrogen and oxygen atoms in total. The van der Waals surface area contributed by atoms with Crippen LogP contribution in [0.4, 0.5) is 0 Å². The molecule has 15 heteroatoms. The maximum atomic E-state index is 12.4. The molecule has 0 saturated heterocycles. The van der Waals surface area contributed by atoms with Gasteiger partial charge in [-0.3, -0.25) is 4.55 Å². The van der Waals surface area contributed by atoms with E-state index in [2.05, 4.69) is 106 Å². The fourth-order valence-corrected chi connectivity index (χ4v) is 13.9. The Kier molecular flexibility index (Phi) is 14.8. The van der Waals surface area contributed by atoms with Gasteiger partial charge in [-0.05, 0) is 71.6 Å². The van der Waals surface area contributed by atoms with Crippen molar-refractivity contribution in [1.29, 1.82) is 10.5 Å². The Morgan fingerprint density at radius 3 is 1.31 bits per heavy atom. The van der Waals surface area contributed by atoms with Crippen LogP contribution in [0.5, 0.6) is 5.75 Å². The molecule has 9 aromatic carbocycles. The summed E-state index contributed by atoms with van der Waals surface area (Å²) in [6.45, 7) is -1.16. The third-order valence-corrected chi connectivity index (χ3v) is 18.0. The van der Waals surface area contributed by atoms with Crippen LogP contribution in [-0.2, 0) is 10.1 Å². The third-order valence-electron chi connectivity index (χ3n) is 15.1. The fourth-order valence-electron chi connectivity index (χ4n) is 11.5. The number of fused-ring (bicyclic) bond motifs is 3. The van der Waals surface area contributed by atoms with Gasteiger partial charge in [-0.2, -0.15) is 18.9 Å². The lowest BCUT2D eigenvalue weighted by Crippen LogP contribution is -2.54. The van der Waals surface area contributed by atoms with Crippen LogP contribution in [0.3, 0.4) is 0 Å². The molecule has 0 radical (unpaired) electrons. The molecular formula is C69H48B2N6O4S3. The van der Waals surface area contributed by atoms with Crippen molar-refractivity contribution >= 4 is 111 Å². The van der Waals surface area contributed by atoms with Crippen LogP contribution in [0, 0.1) is 22.7 Å². The van der Waals surface area contributed by atoms with E-state index in [1.165, 1.54) is 22.7 Å². The molecule has 4 heterocycles. The maximum absolute atomic E-state index is 12.4. The van der Waals surface area contributed by atoms with Crippen LogP contribution >= 0.6 is 22.7 Å². The highest BCUT2D eigenvalue weighted by Crippen LogP contribution is 2.41. The van der Waals surface area contributed by atoms with Crippen molar-refractivity contribution in [3.63, 3.8) is 0 Å². The predicted molar refractivity (Wildman–Crippen MR) is 344 cm³/mol. The van der Waals surface area contributed by atoms with Gasteiger partial charge in [0.05, 0.1) is 43.5 Å². The maximum Gasteiger partial charge on any atom is 0.328 e. The van der Waals surface area contributed by atoms with E-state index in [0.29, 0.717) is 54.1 Å². The van der Waals surface area contributed by atoms with Crippen molar-refractivity contribution in [1.82, 2.24) is 18.9 Å². The molecule has 0 atom stereocenters. The van der Waals surface area contributed by atoms with Gasteiger partial charge < -0.3 is 13.7 Å². The molecule has 4 aromatic heterocycles. The number of aromatic nitrogens is 4. The summed E-state index contributed by atoms with van der Waals surface area (Å²) >= 11 is 2.92. The first-order chi connectivity index (χ1) is 41.3. The van der Waals surface area contributed by atoms with Gasteiger partial charge in [0.15, 0.2) is 0 Å². The summed E-state index contributed by atoms with van der Waals surface area (Å²) in [4.78, 5) is 10.6. The zero-order chi connectivity index (χ0) is 57.2. The highest BCUT2D eigenvalue weighted by molar-refractivity contribution is 7.85. The van der Waals surface area contributed by atoms with Crippen molar-refractivity contribution in [3.05, 3.63) is 269 Å². The highest BCUT2D eigenvalue weighted by atomic mass is 32.2. The van der Waals surface area contributed by atoms with E-state index in [1.54, 1.807) is 0 Å². The quantitative estimate of drug-likeness (QED) is 0.0572. The first-order valence-corrected chi connectivity index (χ1v) is 30.6. The minimum atomic E-state index is -4.20. The summed E-state index contributed by atoms with van der Waals surface area (Å²) in [6.07, 6.45) is 0.0778. The van der Waals surface area contributed by atoms with Gasteiger partial charge in [-0.25, -0.2) is 9.97 Å². The monoisotopic (exact) mass is 1140 g/mol. The van der Waals surface area contributed by atoms with E-state index in [4.69, 9.17) is 14.7 Å². The van der Waals surface area contributed by atoms with Gasteiger partial charge in [0, 0.05) is 27.7 Å². The number of nitriles is 2. The van der Waals surface area contributed by atoms with Crippen molar-refractivity contribution in [2.75, 3.05) is 12.4 Å². The second kappa shape index (κ2) is 23.2. The summed E-state index contributed by atoms with van der Waals surface area (Å²) in [5.74, 6) is 0.0355. The Morgan fingerprint density at radius 2 is 0.869 bits per heavy atom. The van der Waals surface area contributed by atoms with E-state index < -0.39 is 29.6 Å². The first-order valence-electron chi connectivity index (χ1n) is 27.4. The predicted octanol–water partition coefficient (Wildman–Crippen LogP) is 11.1. The number of thiazole rings is 2. The highest BCUT2D eigenvalue weighted by Gasteiger charge is 2.38. The lowest BCUT2D eigenvalue weighted by Gasteiger charge is -2.25. The molecule has 0 aliphatic heterocycles. The fraction of sp³-hybridized carbons (Fsp3) is 0.0435. The molecule has 0 spiro atoms. The van der Waals surface area contributed by atoms with E-state index in [0.717, 1.165) is 70.2 Å². The Hall–Kier alpha value is -9.86. The molecule has 402 valence electrons. The van der Waals surface area contributed by atoms with Crippen LogP contribution in [0.15, 0.2) is 249 Å². The number of ether oxygens (including phenoxy) is 1. The minimum Gasteiger partial charge on any atom is -0.494 e. The van der Waals surface area contributed by atoms with Crippen LogP contribution < -0.4 is 37.3 Å². The van der Waals surface area contributed by atoms with Gasteiger partial charge >= 0.3 is 13.7 Å². The van der Waals surface area contributed by atoms with Crippen molar-refractivity contribution in [2.24, 2.45) is 0 Å². The van der Waals surface area contributed by atoms with E-state index in [9.17, 15) is 23.5 Å². The second-order valence-corrected chi connectivity index (χ2v) is 23.8.